The third-order valence-corrected chi connectivity index (χ3v) is 5.61. The number of nitrogens with one attached hydrogen (secondary N) is 2. The lowest BCUT2D eigenvalue weighted by Crippen LogP contribution is -2.36. The molecule has 116 valence electrons. The highest BCUT2D eigenvalue weighted by molar-refractivity contribution is 7.91. The van der Waals surface area contributed by atoms with Crippen LogP contribution in [0, 0.1) is 0 Å². The van der Waals surface area contributed by atoms with Gasteiger partial charge in [-0.1, -0.05) is 29.3 Å². The van der Waals surface area contributed by atoms with E-state index in [2.05, 4.69) is 10.6 Å². The number of rotatable bonds is 5. The van der Waals surface area contributed by atoms with Crippen molar-refractivity contribution in [2.45, 2.75) is 18.9 Å². The Hall–Kier alpha value is -0.980. The second-order valence-electron chi connectivity index (χ2n) is 4.94. The maximum Gasteiger partial charge on any atom is 0.222 e. The molecule has 1 aliphatic rings. The summed E-state index contributed by atoms with van der Waals surface area (Å²) in [5.74, 6) is -0.0127. The quantitative estimate of drug-likeness (QED) is 0.852. The van der Waals surface area contributed by atoms with Gasteiger partial charge in [-0.05, 0) is 18.6 Å². The summed E-state index contributed by atoms with van der Waals surface area (Å²) in [6, 6.07) is 4.88. The largest absolute Gasteiger partial charge is 0.382 e. The molecule has 1 aliphatic heterocycles. The topological polar surface area (TPSA) is 75.3 Å². The zero-order valence-corrected chi connectivity index (χ0v) is 13.6. The Balaban J connectivity index is 1.77. The van der Waals surface area contributed by atoms with Crippen LogP contribution >= 0.6 is 23.2 Å². The summed E-state index contributed by atoms with van der Waals surface area (Å²) < 4.78 is 22.6. The minimum Gasteiger partial charge on any atom is -0.382 e. The van der Waals surface area contributed by atoms with Crippen LogP contribution in [-0.4, -0.2) is 38.4 Å². The Morgan fingerprint density at radius 3 is 2.52 bits per heavy atom. The lowest BCUT2D eigenvalue weighted by atomic mass is 10.2. The van der Waals surface area contributed by atoms with Crippen molar-refractivity contribution in [3.05, 3.63) is 28.2 Å². The van der Waals surface area contributed by atoms with Crippen LogP contribution in [0.4, 0.5) is 5.69 Å². The first-order valence-corrected chi connectivity index (χ1v) is 9.13. The highest BCUT2D eigenvalue weighted by atomic mass is 35.5. The van der Waals surface area contributed by atoms with Gasteiger partial charge in [-0.2, -0.15) is 0 Å². The van der Waals surface area contributed by atoms with Gasteiger partial charge < -0.3 is 10.6 Å². The molecular weight excluding hydrogens is 335 g/mol. The van der Waals surface area contributed by atoms with Crippen molar-refractivity contribution in [2.24, 2.45) is 0 Å². The monoisotopic (exact) mass is 350 g/mol. The van der Waals surface area contributed by atoms with E-state index in [0.29, 0.717) is 28.7 Å². The number of carbonyl (C=O) groups excluding carboxylic acids is 1. The molecule has 1 atom stereocenters. The number of amides is 1. The number of halogens is 2. The Morgan fingerprint density at radius 2 is 1.95 bits per heavy atom. The second kappa shape index (κ2) is 6.85. The van der Waals surface area contributed by atoms with E-state index in [-0.39, 0.29) is 29.9 Å². The van der Waals surface area contributed by atoms with Crippen molar-refractivity contribution >= 4 is 44.6 Å². The van der Waals surface area contributed by atoms with Crippen LogP contribution in [0.15, 0.2) is 18.2 Å². The van der Waals surface area contributed by atoms with Crippen LogP contribution in [0.3, 0.4) is 0 Å². The van der Waals surface area contributed by atoms with Gasteiger partial charge in [0.2, 0.25) is 5.91 Å². The van der Waals surface area contributed by atoms with E-state index in [4.69, 9.17) is 23.2 Å². The summed E-state index contributed by atoms with van der Waals surface area (Å²) in [4.78, 5) is 11.8. The van der Waals surface area contributed by atoms with Crippen molar-refractivity contribution in [1.82, 2.24) is 5.32 Å². The minimum absolute atomic E-state index is 0.0303. The van der Waals surface area contributed by atoms with E-state index in [9.17, 15) is 13.2 Å². The molecule has 0 spiro atoms. The highest BCUT2D eigenvalue weighted by Crippen LogP contribution is 2.29. The summed E-state index contributed by atoms with van der Waals surface area (Å²) in [7, 11) is -2.98. The van der Waals surface area contributed by atoms with Crippen molar-refractivity contribution in [3.8, 4) is 0 Å². The number of benzene rings is 1. The first-order valence-electron chi connectivity index (χ1n) is 6.55. The van der Waals surface area contributed by atoms with Gasteiger partial charge >= 0.3 is 0 Å². The Labute approximate surface area is 133 Å². The number of hydrogen-bond acceptors (Lipinski definition) is 4. The normalized spacial score (nSPS) is 20.2. The zero-order valence-electron chi connectivity index (χ0n) is 11.2. The predicted molar refractivity (Wildman–Crippen MR) is 84.8 cm³/mol. The Kier molecular flexibility index (Phi) is 5.35. The summed E-state index contributed by atoms with van der Waals surface area (Å²) in [6.45, 7) is 0.370. The number of anilines is 1. The maximum absolute atomic E-state index is 11.8. The molecule has 21 heavy (non-hydrogen) atoms. The Bertz CT molecular complexity index is 614. The van der Waals surface area contributed by atoms with Gasteiger partial charge in [-0.25, -0.2) is 8.42 Å². The molecule has 5 nitrogen and oxygen atoms in total. The first kappa shape index (κ1) is 16.4. The molecular formula is C13H16Cl2N2O3S. The molecule has 1 aromatic rings. The second-order valence-corrected chi connectivity index (χ2v) is 7.98. The molecule has 1 aromatic carbocycles. The van der Waals surface area contributed by atoms with E-state index in [1.54, 1.807) is 18.2 Å². The zero-order chi connectivity index (χ0) is 15.5. The van der Waals surface area contributed by atoms with Gasteiger partial charge in [0.25, 0.3) is 0 Å². The van der Waals surface area contributed by atoms with Gasteiger partial charge in [0.05, 0.1) is 27.2 Å². The SMILES string of the molecule is O=C(CCNc1c(Cl)cccc1Cl)NC1CCS(=O)(=O)C1. The Morgan fingerprint density at radius 1 is 1.29 bits per heavy atom. The van der Waals surface area contributed by atoms with E-state index in [0.717, 1.165) is 0 Å². The first-order chi connectivity index (χ1) is 9.87. The molecule has 0 bridgehead atoms. The van der Waals surface area contributed by atoms with Crippen LogP contribution in [0.1, 0.15) is 12.8 Å². The summed E-state index contributed by atoms with van der Waals surface area (Å²) in [5.41, 5.74) is 0.595. The molecule has 0 aromatic heterocycles. The van der Waals surface area contributed by atoms with Crippen molar-refractivity contribution in [2.75, 3.05) is 23.4 Å². The molecule has 0 aliphatic carbocycles. The van der Waals surface area contributed by atoms with E-state index < -0.39 is 9.84 Å². The fourth-order valence-electron chi connectivity index (χ4n) is 2.18. The number of carbonyl (C=O) groups is 1. The van der Waals surface area contributed by atoms with E-state index in [1.165, 1.54) is 0 Å². The maximum atomic E-state index is 11.8. The lowest BCUT2D eigenvalue weighted by Gasteiger charge is -2.12. The van der Waals surface area contributed by atoms with Gasteiger partial charge in [0, 0.05) is 19.0 Å². The molecule has 2 rings (SSSR count). The standard InChI is InChI=1S/C13H16Cl2N2O3S/c14-10-2-1-3-11(15)13(10)16-6-4-12(18)17-9-5-7-21(19,20)8-9/h1-3,9,16H,4-8H2,(H,17,18). The molecule has 1 amide bonds. The van der Waals surface area contributed by atoms with Gasteiger partial charge in [-0.15, -0.1) is 0 Å². The fourth-order valence-corrected chi connectivity index (χ4v) is 4.38. The number of sulfone groups is 1. The molecule has 0 radical (unpaired) electrons. The third kappa shape index (κ3) is 4.76. The summed E-state index contributed by atoms with van der Waals surface area (Å²) >= 11 is 12.0. The summed E-state index contributed by atoms with van der Waals surface area (Å²) in [6.07, 6.45) is 0.704. The van der Waals surface area contributed by atoms with Crippen LogP contribution in [0.5, 0.6) is 0 Å². The van der Waals surface area contributed by atoms with E-state index >= 15 is 0 Å². The van der Waals surface area contributed by atoms with E-state index in [1.807, 2.05) is 0 Å². The van der Waals surface area contributed by atoms with Crippen LogP contribution < -0.4 is 10.6 Å². The summed E-state index contributed by atoms with van der Waals surface area (Å²) in [5, 5.41) is 6.72. The molecule has 8 heteroatoms. The highest BCUT2D eigenvalue weighted by Gasteiger charge is 2.28. The molecule has 1 heterocycles. The predicted octanol–water partition coefficient (Wildman–Crippen LogP) is 2.10. The number of para-hydroxylation sites is 1. The van der Waals surface area contributed by atoms with Crippen LogP contribution in [0.25, 0.3) is 0 Å². The van der Waals surface area contributed by atoms with Crippen molar-refractivity contribution in [3.63, 3.8) is 0 Å². The van der Waals surface area contributed by atoms with Crippen LogP contribution in [0.2, 0.25) is 10.0 Å². The van der Waals surface area contributed by atoms with Gasteiger partial charge in [-0.3, -0.25) is 4.79 Å². The lowest BCUT2D eigenvalue weighted by molar-refractivity contribution is -0.121. The van der Waals surface area contributed by atoms with Crippen LogP contribution in [-0.2, 0) is 14.6 Å². The molecule has 2 N–H and O–H groups in total. The average molecular weight is 351 g/mol. The molecule has 1 fully saturated rings. The fraction of sp³-hybridized carbons (Fsp3) is 0.462. The van der Waals surface area contributed by atoms with Crippen molar-refractivity contribution < 1.29 is 13.2 Å². The number of hydrogen-bond donors (Lipinski definition) is 2. The minimum atomic E-state index is -2.98. The molecule has 1 unspecified atom stereocenters. The average Bonchev–Trinajstić information content (AvgIpc) is 2.72. The molecule has 0 saturated carbocycles. The third-order valence-electron chi connectivity index (χ3n) is 3.21. The smallest absolute Gasteiger partial charge is 0.222 e. The van der Waals surface area contributed by atoms with Gasteiger partial charge in [0.15, 0.2) is 9.84 Å². The van der Waals surface area contributed by atoms with Gasteiger partial charge in [0.1, 0.15) is 0 Å². The van der Waals surface area contributed by atoms with Crippen molar-refractivity contribution in [1.29, 1.82) is 0 Å². The molecule has 1 saturated heterocycles.